The molecule has 0 aliphatic carbocycles. The van der Waals surface area contributed by atoms with Gasteiger partial charge in [-0.25, -0.2) is 0 Å². The zero-order valence-electron chi connectivity index (χ0n) is 12.0. The molecule has 2 heterocycles. The summed E-state index contributed by atoms with van der Waals surface area (Å²) in [4.78, 5) is 28.0. The summed E-state index contributed by atoms with van der Waals surface area (Å²) in [5.74, 6) is 0.504. The molecule has 2 saturated heterocycles. The lowest BCUT2D eigenvalue weighted by Gasteiger charge is -2.35. The molecule has 0 bridgehead atoms. The quantitative estimate of drug-likeness (QED) is 0.643. The minimum absolute atomic E-state index is 0.305. The number of nitrogens with one attached hydrogen (secondary N) is 1. The van der Waals surface area contributed by atoms with E-state index in [1.165, 1.54) is 0 Å². The van der Waals surface area contributed by atoms with Crippen molar-refractivity contribution in [3.05, 3.63) is 0 Å². The van der Waals surface area contributed by atoms with Crippen LogP contribution in [0.4, 0.5) is 0 Å². The minimum Gasteiger partial charge on any atom is -0.334 e. The molecule has 0 aromatic carbocycles. The van der Waals surface area contributed by atoms with Crippen LogP contribution in [0, 0.1) is 11.8 Å². The Bertz CT molecular complexity index is 338. The number of hydrogen-bond acceptors (Lipinski definition) is 3. The van der Waals surface area contributed by atoms with Crippen LogP contribution in [-0.4, -0.2) is 60.9 Å². The Morgan fingerprint density at radius 3 is 2.42 bits per heavy atom. The van der Waals surface area contributed by atoms with Crippen molar-refractivity contribution in [2.45, 2.75) is 26.7 Å². The number of rotatable bonds is 0. The fourth-order valence-electron chi connectivity index (χ4n) is 2.77. The predicted octanol–water partition coefficient (Wildman–Crippen LogP) is 0.313. The molecule has 108 valence electrons. The summed E-state index contributed by atoms with van der Waals surface area (Å²) < 4.78 is 0. The standard InChI is InChI=1S/C14H25N3O2/c1-11-4-8-17(10-12(11)2)14(19)13(18)16-7-3-5-15-6-9-16/h11-12,15H,3-10H2,1-2H3. The summed E-state index contributed by atoms with van der Waals surface area (Å²) in [6.07, 6.45) is 1.92. The highest BCUT2D eigenvalue weighted by molar-refractivity contribution is 6.34. The van der Waals surface area contributed by atoms with E-state index >= 15 is 0 Å². The summed E-state index contributed by atoms with van der Waals surface area (Å²) >= 11 is 0. The summed E-state index contributed by atoms with van der Waals surface area (Å²) in [6, 6.07) is 0. The number of likely N-dealkylation sites (tertiary alicyclic amines) is 1. The highest BCUT2D eigenvalue weighted by atomic mass is 16.2. The molecule has 2 rings (SSSR count). The van der Waals surface area contributed by atoms with Gasteiger partial charge in [-0.3, -0.25) is 9.59 Å². The number of carbonyl (C=O) groups excluding carboxylic acids is 2. The molecule has 2 unspecified atom stereocenters. The van der Waals surface area contributed by atoms with Crippen LogP contribution in [0.2, 0.25) is 0 Å². The van der Waals surface area contributed by atoms with Crippen LogP contribution in [0.15, 0.2) is 0 Å². The predicted molar refractivity (Wildman–Crippen MR) is 73.6 cm³/mol. The van der Waals surface area contributed by atoms with Crippen molar-refractivity contribution in [2.24, 2.45) is 11.8 Å². The number of carbonyl (C=O) groups is 2. The average molecular weight is 267 g/mol. The highest BCUT2D eigenvalue weighted by Gasteiger charge is 2.31. The Morgan fingerprint density at radius 1 is 0.947 bits per heavy atom. The first-order valence-corrected chi connectivity index (χ1v) is 7.38. The van der Waals surface area contributed by atoms with Gasteiger partial charge in [0.2, 0.25) is 0 Å². The molecular weight excluding hydrogens is 242 g/mol. The van der Waals surface area contributed by atoms with Gasteiger partial charge < -0.3 is 15.1 Å². The third-order valence-corrected chi connectivity index (χ3v) is 4.43. The lowest BCUT2D eigenvalue weighted by Crippen LogP contribution is -2.50. The second-order valence-electron chi connectivity index (χ2n) is 5.89. The van der Waals surface area contributed by atoms with E-state index in [0.29, 0.717) is 24.9 Å². The maximum Gasteiger partial charge on any atom is 0.312 e. The lowest BCUT2D eigenvalue weighted by atomic mass is 9.88. The van der Waals surface area contributed by atoms with Gasteiger partial charge in [0.25, 0.3) is 0 Å². The monoisotopic (exact) mass is 267 g/mol. The van der Waals surface area contributed by atoms with Crippen LogP contribution in [0.5, 0.6) is 0 Å². The van der Waals surface area contributed by atoms with Gasteiger partial charge in [-0.15, -0.1) is 0 Å². The molecule has 1 N–H and O–H groups in total. The van der Waals surface area contributed by atoms with Gasteiger partial charge in [0.1, 0.15) is 0 Å². The second kappa shape index (κ2) is 6.37. The van der Waals surface area contributed by atoms with E-state index in [9.17, 15) is 9.59 Å². The molecule has 19 heavy (non-hydrogen) atoms. The molecule has 0 aromatic rings. The van der Waals surface area contributed by atoms with Crippen LogP contribution in [0.1, 0.15) is 26.7 Å². The molecular formula is C14H25N3O2. The maximum absolute atomic E-state index is 12.3. The molecule has 2 fully saturated rings. The maximum atomic E-state index is 12.3. The van der Waals surface area contributed by atoms with Gasteiger partial charge in [0, 0.05) is 32.7 Å². The van der Waals surface area contributed by atoms with E-state index in [1.807, 2.05) is 0 Å². The fraction of sp³-hybridized carbons (Fsp3) is 0.857. The topological polar surface area (TPSA) is 52.7 Å². The van der Waals surface area contributed by atoms with E-state index in [4.69, 9.17) is 0 Å². The molecule has 0 radical (unpaired) electrons. The zero-order chi connectivity index (χ0) is 13.8. The molecule has 0 saturated carbocycles. The second-order valence-corrected chi connectivity index (χ2v) is 5.89. The van der Waals surface area contributed by atoms with E-state index in [2.05, 4.69) is 19.2 Å². The zero-order valence-corrected chi connectivity index (χ0v) is 12.0. The van der Waals surface area contributed by atoms with Crippen molar-refractivity contribution in [3.63, 3.8) is 0 Å². The van der Waals surface area contributed by atoms with E-state index in [1.54, 1.807) is 9.80 Å². The van der Waals surface area contributed by atoms with Crippen molar-refractivity contribution in [2.75, 3.05) is 39.3 Å². The Hall–Kier alpha value is -1.10. The summed E-state index contributed by atoms with van der Waals surface area (Å²) in [5, 5.41) is 3.24. The Kier molecular flexibility index (Phi) is 4.80. The third-order valence-electron chi connectivity index (χ3n) is 4.43. The van der Waals surface area contributed by atoms with Crippen LogP contribution >= 0.6 is 0 Å². The first-order chi connectivity index (χ1) is 9.09. The van der Waals surface area contributed by atoms with Crippen LogP contribution < -0.4 is 5.32 Å². The molecule has 0 spiro atoms. The third kappa shape index (κ3) is 3.47. The largest absolute Gasteiger partial charge is 0.334 e. The number of amides is 2. The first-order valence-electron chi connectivity index (χ1n) is 7.38. The lowest BCUT2D eigenvalue weighted by molar-refractivity contribution is -0.153. The van der Waals surface area contributed by atoms with Gasteiger partial charge in [-0.05, 0) is 31.2 Å². The molecule has 5 nitrogen and oxygen atoms in total. The van der Waals surface area contributed by atoms with E-state index in [0.717, 1.165) is 39.0 Å². The van der Waals surface area contributed by atoms with Gasteiger partial charge in [-0.1, -0.05) is 13.8 Å². The summed E-state index contributed by atoms with van der Waals surface area (Å²) in [7, 11) is 0. The molecule has 2 aliphatic rings. The van der Waals surface area contributed by atoms with Crippen LogP contribution in [-0.2, 0) is 9.59 Å². The first kappa shape index (κ1) is 14.3. The van der Waals surface area contributed by atoms with Crippen molar-refractivity contribution in [1.82, 2.24) is 15.1 Å². The van der Waals surface area contributed by atoms with Gasteiger partial charge in [0.05, 0.1) is 0 Å². The van der Waals surface area contributed by atoms with E-state index in [-0.39, 0.29) is 11.8 Å². The minimum atomic E-state index is -0.314. The van der Waals surface area contributed by atoms with Crippen LogP contribution in [0.25, 0.3) is 0 Å². The Morgan fingerprint density at radius 2 is 1.68 bits per heavy atom. The fourth-order valence-corrected chi connectivity index (χ4v) is 2.77. The summed E-state index contributed by atoms with van der Waals surface area (Å²) in [6.45, 7) is 8.86. The van der Waals surface area contributed by atoms with Gasteiger partial charge >= 0.3 is 11.8 Å². The smallest absolute Gasteiger partial charge is 0.312 e. The van der Waals surface area contributed by atoms with Crippen molar-refractivity contribution >= 4 is 11.8 Å². The van der Waals surface area contributed by atoms with Crippen molar-refractivity contribution in [3.8, 4) is 0 Å². The molecule has 0 aromatic heterocycles. The SMILES string of the molecule is CC1CCN(C(=O)C(=O)N2CCCNCC2)CC1C. The Labute approximate surface area is 115 Å². The number of hydrogen-bond donors (Lipinski definition) is 1. The van der Waals surface area contributed by atoms with Crippen molar-refractivity contribution in [1.29, 1.82) is 0 Å². The Balaban J connectivity index is 1.93. The molecule has 2 aliphatic heterocycles. The average Bonchev–Trinajstić information content (AvgIpc) is 2.69. The highest BCUT2D eigenvalue weighted by Crippen LogP contribution is 2.22. The van der Waals surface area contributed by atoms with Gasteiger partial charge in [-0.2, -0.15) is 0 Å². The van der Waals surface area contributed by atoms with Gasteiger partial charge in [0.15, 0.2) is 0 Å². The molecule has 5 heteroatoms. The molecule has 2 atom stereocenters. The van der Waals surface area contributed by atoms with Crippen LogP contribution in [0.3, 0.4) is 0 Å². The normalized spacial score (nSPS) is 28.9. The number of piperidine rings is 1. The molecule has 2 amide bonds. The number of nitrogens with zero attached hydrogens (tertiary/aromatic N) is 2. The van der Waals surface area contributed by atoms with E-state index < -0.39 is 0 Å². The van der Waals surface area contributed by atoms with Crippen molar-refractivity contribution < 1.29 is 9.59 Å². The summed E-state index contributed by atoms with van der Waals surface area (Å²) in [5.41, 5.74) is 0.